The number of methoxy groups -OCH3 is 1. The van der Waals surface area contributed by atoms with E-state index in [9.17, 15) is 19.5 Å². The summed E-state index contributed by atoms with van der Waals surface area (Å²) in [4.78, 5) is 39.4. The van der Waals surface area contributed by atoms with Crippen LogP contribution in [0.3, 0.4) is 0 Å². The highest BCUT2D eigenvalue weighted by Crippen LogP contribution is 2.33. The van der Waals surface area contributed by atoms with Gasteiger partial charge in [0.25, 0.3) is 11.8 Å². The molecule has 1 aliphatic rings. The van der Waals surface area contributed by atoms with Gasteiger partial charge in [-0.2, -0.15) is 10.1 Å². The number of aromatic carboxylic acids is 1. The van der Waals surface area contributed by atoms with Gasteiger partial charge in [0.15, 0.2) is 0 Å². The number of thiophene rings is 1. The number of ether oxygens (including phenoxy) is 1. The average Bonchev–Trinajstić information content (AvgIpc) is 3.53. The zero-order valence-corrected chi connectivity index (χ0v) is 22.8. The summed E-state index contributed by atoms with van der Waals surface area (Å²) in [5, 5.41) is 17.8. The van der Waals surface area contributed by atoms with Crippen LogP contribution in [0.1, 0.15) is 38.1 Å². The molecule has 0 unspecified atom stereocenters. The Kier molecular flexibility index (Phi) is 7.31. The number of nitrogens with one attached hydrogen (secondary N) is 1. The van der Waals surface area contributed by atoms with Gasteiger partial charge in [0.2, 0.25) is 0 Å². The number of rotatable bonds is 7. The number of hydrogen-bond donors (Lipinski definition) is 2. The van der Waals surface area contributed by atoms with E-state index in [-0.39, 0.29) is 17.4 Å². The number of hydrogen-bond acceptors (Lipinski definition) is 6. The summed E-state index contributed by atoms with van der Waals surface area (Å²) in [5.41, 5.74) is 4.35. The quantitative estimate of drug-likeness (QED) is 0.255. The first kappa shape index (κ1) is 26.6. The van der Waals surface area contributed by atoms with Crippen molar-refractivity contribution in [3.63, 3.8) is 0 Å². The Morgan fingerprint density at radius 2 is 1.80 bits per heavy atom. The summed E-state index contributed by atoms with van der Waals surface area (Å²) in [5.74, 6) is -0.974. The molecule has 2 amide bonds. The molecule has 0 spiro atoms. The predicted octanol–water partition coefficient (Wildman–Crippen LogP) is 6.49. The SMILES string of the molecule is COc1cccc(NC(=O)c2cc(-c3ccc(/C=C4\C(=O)N(c5cccc(C(=O)O)c5)N=C4C)s3)ccc2C)c1. The second-order valence-corrected chi connectivity index (χ2v) is 10.2. The number of carbonyl (C=O) groups is 3. The lowest BCUT2D eigenvalue weighted by molar-refractivity contribution is -0.114. The minimum atomic E-state index is -1.08. The predicted molar refractivity (Wildman–Crippen MR) is 157 cm³/mol. The van der Waals surface area contributed by atoms with Crippen molar-refractivity contribution < 1.29 is 24.2 Å². The van der Waals surface area contributed by atoms with Gasteiger partial charge in [0, 0.05) is 27.1 Å². The van der Waals surface area contributed by atoms with Crippen molar-refractivity contribution in [2.24, 2.45) is 5.10 Å². The van der Waals surface area contributed by atoms with E-state index in [2.05, 4.69) is 10.4 Å². The van der Waals surface area contributed by atoms with Crippen molar-refractivity contribution in [1.29, 1.82) is 0 Å². The van der Waals surface area contributed by atoms with Crippen molar-refractivity contribution in [2.45, 2.75) is 13.8 Å². The number of carbonyl (C=O) groups excluding carboxylic acids is 2. The standard InChI is InChI=1S/C31H25N3O5S/c1-18-10-11-20(15-26(18)29(35)32-22-7-5-9-24(16-22)39-3)28-13-12-25(40-28)17-27-19(2)33-34(30(27)36)23-8-4-6-21(14-23)31(37)38/h4-17H,1-3H3,(H,32,35)(H,37,38)/b27-17-. The molecule has 1 aliphatic heterocycles. The van der Waals surface area contributed by atoms with Gasteiger partial charge < -0.3 is 15.2 Å². The van der Waals surface area contributed by atoms with Crippen LogP contribution < -0.4 is 15.1 Å². The smallest absolute Gasteiger partial charge is 0.335 e. The number of carboxylic acids is 1. The van der Waals surface area contributed by atoms with Crippen LogP contribution in [0.15, 0.2) is 89.5 Å². The van der Waals surface area contributed by atoms with E-state index in [0.29, 0.717) is 34.0 Å². The van der Waals surface area contributed by atoms with Crippen LogP contribution >= 0.6 is 11.3 Å². The Balaban J connectivity index is 1.37. The summed E-state index contributed by atoms with van der Waals surface area (Å²) in [6, 6.07) is 22.9. The Morgan fingerprint density at radius 1 is 1.00 bits per heavy atom. The monoisotopic (exact) mass is 551 g/mol. The van der Waals surface area contributed by atoms with Gasteiger partial charge in [0.05, 0.1) is 29.6 Å². The number of nitrogens with zero attached hydrogens (tertiary/aromatic N) is 2. The third-order valence-electron chi connectivity index (χ3n) is 6.41. The molecule has 8 nitrogen and oxygen atoms in total. The van der Waals surface area contributed by atoms with Crippen molar-refractivity contribution >= 4 is 52.3 Å². The van der Waals surface area contributed by atoms with Crippen molar-refractivity contribution in [2.75, 3.05) is 17.4 Å². The Bertz CT molecular complexity index is 1720. The summed E-state index contributed by atoms with van der Waals surface area (Å²) in [7, 11) is 1.58. The number of hydrazone groups is 1. The zero-order valence-electron chi connectivity index (χ0n) is 22.0. The molecule has 4 aromatic rings. The second kappa shape index (κ2) is 11.0. The molecule has 9 heteroatoms. The number of carboxylic acid groups (broad SMARTS) is 1. The normalized spacial score (nSPS) is 13.9. The Hall–Kier alpha value is -5.02. The summed E-state index contributed by atoms with van der Waals surface area (Å²) >= 11 is 1.49. The van der Waals surface area contributed by atoms with E-state index in [0.717, 1.165) is 20.9 Å². The highest BCUT2D eigenvalue weighted by molar-refractivity contribution is 7.16. The molecule has 0 saturated heterocycles. The fourth-order valence-electron chi connectivity index (χ4n) is 4.28. The van der Waals surface area contributed by atoms with Gasteiger partial charge in [-0.1, -0.05) is 24.3 Å². The Labute approximate surface area is 234 Å². The van der Waals surface area contributed by atoms with Crippen molar-refractivity contribution in [3.05, 3.63) is 106 Å². The van der Waals surface area contributed by atoms with Crippen LogP contribution in [0.2, 0.25) is 0 Å². The topological polar surface area (TPSA) is 108 Å². The summed E-state index contributed by atoms with van der Waals surface area (Å²) in [6.45, 7) is 3.63. The third kappa shape index (κ3) is 5.41. The highest BCUT2D eigenvalue weighted by Gasteiger charge is 2.29. The lowest BCUT2D eigenvalue weighted by Crippen LogP contribution is -2.21. The maximum Gasteiger partial charge on any atom is 0.335 e. The molecule has 0 atom stereocenters. The zero-order chi connectivity index (χ0) is 28.4. The van der Waals surface area contributed by atoms with Crippen LogP contribution in [0.5, 0.6) is 5.75 Å². The molecule has 0 fully saturated rings. The van der Waals surface area contributed by atoms with Crippen LogP contribution in [0.25, 0.3) is 16.5 Å². The maximum atomic E-state index is 13.2. The first-order valence-corrected chi connectivity index (χ1v) is 13.2. The summed E-state index contributed by atoms with van der Waals surface area (Å²) in [6.07, 6.45) is 1.78. The number of benzene rings is 3. The first-order valence-electron chi connectivity index (χ1n) is 12.3. The van der Waals surface area contributed by atoms with Crippen LogP contribution in [0, 0.1) is 6.92 Å². The minimum absolute atomic E-state index is 0.0770. The molecular weight excluding hydrogens is 526 g/mol. The lowest BCUT2D eigenvalue weighted by Gasteiger charge is -2.12. The van der Waals surface area contributed by atoms with E-state index >= 15 is 0 Å². The molecule has 2 N–H and O–H groups in total. The summed E-state index contributed by atoms with van der Waals surface area (Å²) < 4.78 is 5.24. The molecule has 2 heterocycles. The van der Waals surface area contributed by atoms with Crippen LogP contribution in [-0.2, 0) is 4.79 Å². The molecule has 0 bridgehead atoms. The largest absolute Gasteiger partial charge is 0.497 e. The van der Waals surface area contributed by atoms with Crippen LogP contribution in [-0.4, -0.2) is 35.7 Å². The van der Waals surface area contributed by atoms with E-state index in [1.54, 1.807) is 44.4 Å². The minimum Gasteiger partial charge on any atom is -0.497 e. The molecule has 0 saturated carbocycles. The van der Waals surface area contributed by atoms with Gasteiger partial charge >= 0.3 is 5.97 Å². The van der Waals surface area contributed by atoms with E-state index in [4.69, 9.17) is 4.74 Å². The molecule has 40 heavy (non-hydrogen) atoms. The van der Waals surface area contributed by atoms with Gasteiger partial charge in [-0.3, -0.25) is 9.59 Å². The first-order chi connectivity index (χ1) is 19.2. The molecule has 3 aromatic carbocycles. The molecule has 0 radical (unpaired) electrons. The molecular formula is C31H25N3O5S. The number of aryl methyl sites for hydroxylation is 1. The molecule has 200 valence electrons. The van der Waals surface area contributed by atoms with Crippen LogP contribution in [0.4, 0.5) is 11.4 Å². The fraction of sp³-hybridized carbons (Fsp3) is 0.0968. The second-order valence-electron chi connectivity index (χ2n) is 9.13. The highest BCUT2D eigenvalue weighted by atomic mass is 32.1. The molecule has 1 aromatic heterocycles. The van der Waals surface area contributed by atoms with Crippen molar-refractivity contribution in [3.8, 4) is 16.2 Å². The third-order valence-corrected chi connectivity index (χ3v) is 7.49. The average molecular weight is 552 g/mol. The van der Waals surface area contributed by atoms with E-state index < -0.39 is 5.97 Å². The lowest BCUT2D eigenvalue weighted by atomic mass is 10.0. The van der Waals surface area contributed by atoms with Crippen molar-refractivity contribution in [1.82, 2.24) is 0 Å². The number of amides is 2. The van der Waals surface area contributed by atoms with E-state index in [1.165, 1.54) is 28.5 Å². The Morgan fingerprint density at radius 3 is 2.58 bits per heavy atom. The molecule has 0 aliphatic carbocycles. The van der Waals surface area contributed by atoms with E-state index in [1.807, 2.05) is 49.4 Å². The van der Waals surface area contributed by atoms with Gasteiger partial charge in [-0.05, 0) is 79.6 Å². The fourth-order valence-corrected chi connectivity index (χ4v) is 5.22. The van der Waals surface area contributed by atoms with Gasteiger partial charge in [-0.15, -0.1) is 11.3 Å². The van der Waals surface area contributed by atoms with Gasteiger partial charge in [0.1, 0.15) is 5.75 Å². The van der Waals surface area contributed by atoms with Gasteiger partial charge in [-0.25, -0.2) is 4.79 Å². The molecule has 5 rings (SSSR count). The maximum absolute atomic E-state index is 13.2. The number of anilines is 2.